The van der Waals surface area contributed by atoms with Crippen LogP contribution in [0.3, 0.4) is 0 Å². The van der Waals surface area contributed by atoms with Crippen LogP contribution in [0.1, 0.15) is 29.4 Å². The Bertz CT molecular complexity index is 1070. The number of hydrogen-bond acceptors (Lipinski definition) is 5. The fraction of sp³-hybridized carbons (Fsp3) is 0.304. The molecule has 0 atom stereocenters. The molecule has 2 aromatic carbocycles. The summed E-state index contributed by atoms with van der Waals surface area (Å²) in [5, 5.41) is 14.8. The summed E-state index contributed by atoms with van der Waals surface area (Å²) in [5.41, 5.74) is 4.77. The highest BCUT2D eigenvalue weighted by molar-refractivity contribution is 7.99. The van der Waals surface area contributed by atoms with E-state index in [-0.39, 0.29) is 24.0 Å². The molecule has 0 fully saturated rings. The van der Waals surface area contributed by atoms with Crippen molar-refractivity contribution in [3.63, 3.8) is 0 Å². The molecule has 3 rings (SSSR count). The number of rotatable bonds is 8. The zero-order valence-corrected chi connectivity index (χ0v) is 19.0. The summed E-state index contributed by atoms with van der Waals surface area (Å²) >= 11 is 1.31. The molecule has 2 N–H and O–H groups in total. The summed E-state index contributed by atoms with van der Waals surface area (Å²) in [6.07, 6.45) is 0.116. The van der Waals surface area contributed by atoms with Crippen molar-refractivity contribution in [3.8, 4) is 0 Å². The van der Waals surface area contributed by atoms with Gasteiger partial charge >= 0.3 is 0 Å². The molecule has 162 valence electrons. The van der Waals surface area contributed by atoms with E-state index in [2.05, 4.69) is 26.9 Å². The average molecular weight is 438 g/mol. The Labute approximate surface area is 186 Å². The van der Waals surface area contributed by atoms with Crippen LogP contribution in [-0.2, 0) is 22.6 Å². The molecule has 1 heterocycles. The molecule has 8 heteroatoms. The monoisotopic (exact) mass is 437 g/mol. The van der Waals surface area contributed by atoms with Gasteiger partial charge in [0.1, 0.15) is 5.82 Å². The van der Waals surface area contributed by atoms with Crippen molar-refractivity contribution in [1.82, 2.24) is 14.8 Å². The van der Waals surface area contributed by atoms with Crippen molar-refractivity contribution < 1.29 is 9.59 Å². The number of hydrogen-bond donors (Lipinski definition) is 2. The van der Waals surface area contributed by atoms with Crippen LogP contribution in [-0.4, -0.2) is 32.3 Å². The molecule has 0 aliphatic heterocycles. The van der Waals surface area contributed by atoms with Gasteiger partial charge in [0, 0.05) is 17.9 Å². The second kappa shape index (κ2) is 10.3. The normalized spacial score (nSPS) is 10.7. The average Bonchev–Trinajstić information content (AvgIpc) is 3.08. The third-order valence-corrected chi connectivity index (χ3v) is 5.65. The highest BCUT2D eigenvalue weighted by atomic mass is 32.2. The third-order valence-electron chi connectivity index (χ3n) is 4.69. The standard InChI is InChI=1S/C23H27N5O2S/c1-5-28-20(13-21(29)25-19-9-7-6-8-17(19)4)26-27-23(28)31-14-22(30)24-18-11-15(2)10-16(3)12-18/h6-12H,5,13-14H2,1-4H3,(H,24,30)(H,25,29). The Morgan fingerprint density at radius 3 is 2.35 bits per heavy atom. The van der Waals surface area contributed by atoms with E-state index >= 15 is 0 Å². The van der Waals surface area contributed by atoms with Crippen LogP contribution in [0.5, 0.6) is 0 Å². The second-order valence-electron chi connectivity index (χ2n) is 7.40. The van der Waals surface area contributed by atoms with Gasteiger partial charge in [-0.25, -0.2) is 0 Å². The third kappa shape index (κ3) is 6.18. The van der Waals surface area contributed by atoms with Crippen molar-refractivity contribution in [1.29, 1.82) is 0 Å². The van der Waals surface area contributed by atoms with Gasteiger partial charge in [0.05, 0.1) is 12.2 Å². The smallest absolute Gasteiger partial charge is 0.234 e. The summed E-state index contributed by atoms with van der Waals surface area (Å²) in [6, 6.07) is 13.6. The van der Waals surface area contributed by atoms with Crippen LogP contribution in [0.2, 0.25) is 0 Å². The highest BCUT2D eigenvalue weighted by Crippen LogP contribution is 2.20. The Balaban J connectivity index is 1.59. The number of thioether (sulfide) groups is 1. The molecule has 0 unspecified atom stereocenters. The van der Waals surface area contributed by atoms with E-state index in [1.807, 2.05) is 68.7 Å². The van der Waals surface area contributed by atoms with Crippen LogP contribution in [0.15, 0.2) is 47.6 Å². The second-order valence-corrected chi connectivity index (χ2v) is 8.34. The van der Waals surface area contributed by atoms with Crippen LogP contribution in [0, 0.1) is 20.8 Å². The molecule has 0 aliphatic rings. The Morgan fingerprint density at radius 1 is 0.968 bits per heavy atom. The van der Waals surface area contributed by atoms with Crippen molar-refractivity contribution in [2.24, 2.45) is 0 Å². The lowest BCUT2D eigenvalue weighted by atomic mass is 10.1. The molecule has 0 saturated heterocycles. The number of benzene rings is 2. The maximum Gasteiger partial charge on any atom is 0.234 e. The van der Waals surface area contributed by atoms with Crippen molar-refractivity contribution in [3.05, 3.63) is 65.0 Å². The molecule has 0 bridgehead atoms. The Morgan fingerprint density at radius 2 is 1.68 bits per heavy atom. The van der Waals surface area contributed by atoms with E-state index in [1.54, 1.807) is 0 Å². The number of carbonyl (C=O) groups excluding carboxylic acids is 2. The number of para-hydroxylation sites is 1. The first-order valence-corrected chi connectivity index (χ1v) is 11.1. The van der Waals surface area contributed by atoms with Gasteiger partial charge in [0.2, 0.25) is 11.8 Å². The fourth-order valence-corrected chi connectivity index (χ4v) is 4.12. The lowest BCUT2D eigenvalue weighted by Gasteiger charge is -2.10. The van der Waals surface area contributed by atoms with Gasteiger partial charge in [-0.2, -0.15) is 0 Å². The van der Waals surface area contributed by atoms with Gasteiger partial charge in [0.25, 0.3) is 0 Å². The molecule has 31 heavy (non-hydrogen) atoms. The lowest BCUT2D eigenvalue weighted by molar-refractivity contribution is -0.116. The maximum atomic E-state index is 12.5. The van der Waals surface area contributed by atoms with Crippen molar-refractivity contribution in [2.45, 2.75) is 45.8 Å². The van der Waals surface area contributed by atoms with E-state index < -0.39 is 0 Å². The molecule has 1 aromatic heterocycles. The zero-order chi connectivity index (χ0) is 22.4. The van der Waals surface area contributed by atoms with Gasteiger partial charge in [-0.3, -0.25) is 9.59 Å². The first-order chi connectivity index (χ1) is 14.9. The number of anilines is 2. The molecular weight excluding hydrogens is 410 g/mol. The molecule has 7 nitrogen and oxygen atoms in total. The Kier molecular flexibility index (Phi) is 7.46. The first-order valence-electron chi connectivity index (χ1n) is 10.1. The van der Waals surface area contributed by atoms with Gasteiger partial charge < -0.3 is 15.2 Å². The fourth-order valence-electron chi connectivity index (χ4n) is 3.30. The Hall–Kier alpha value is -3.13. The number of aromatic nitrogens is 3. The van der Waals surface area contributed by atoms with Gasteiger partial charge in [-0.05, 0) is 62.6 Å². The van der Waals surface area contributed by atoms with Gasteiger partial charge in [0.15, 0.2) is 5.16 Å². The van der Waals surface area contributed by atoms with E-state index in [4.69, 9.17) is 0 Å². The van der Waals surface area contributed by atoms with E-state index in [9.17, 15) is 9.59 Å². The van der Waals surface area contributed by atoms with Crippen LogP contribution in [0.4, 0.5) is 11.4 Å². The summed E-state index contributed by atoms with van der Waals surface area (Å²) < 4.78 is 1.87. The molecular formula is C23H27N5O2S. The predicted octanol–water partition coefficient (Wildman–Crippen LogP) is 4.14. The van der Waals surface area contributed by atoms with Crippen LogP contribution in [0.25, 0.3) is 0 Å². The number of carbonyl (C=O) groups is 2. The summed E-state index contributed by atoms with van der Waals surface area (Å²) in [5.74, 6) is 0.520. The predicted molar refractivity (Wildman–Crippen MR) is 124 cm³/mol. The van der Waals surface area contributed by atoms with Crippen molar-refractivity contribution >= 4 is 35.0 Å². The minimum absolute atomic E-state index is 0.112. The van der Waals surface area contributed by atoms with Crippen LogP contribution < -0.4 is 10.6 Å². The highest BCUT2D eigenvalue weighted by Gasteiger charge is 2.16. The number of amides is 2. The van der Waals surface area contributed by atoms with Gasteiger partial charge in [-0.1, -0.05) is 36.0 Å². The minimum Gasteiger partial charge on any atom is -0.325 e. The maximum absolute atomic E-state index is 12.5. The van der Waals surface area contributed by atoms with E-state index in [0.29, 0.717) is 17.5 Å². The SMILES string of the molecule is CCn1c(CC(=O)Nc2ccccc2C)nnc1SCC(=O)Nc1cc(C)cc(C)c1. The van der Waals surface area contributed by atoms with E-state index in [0.717, 1.165) is 28.1 Å². The topological polar surface area (TPSA) is 88.9 Å². The zero-order valence-electron chi connectivity index (χ0n) is 18.2. The number of aryl methyl sites for hydroxylation is 3. The van der Waals surface area contributed by atoms with Crippen LogP contribution >= 0.6 is 11.8 Å². The van der Waals surface area contributed by atoms with Gasteiger partial charge in [-0.15, -0.1) is 10.2 Å². The summed E-state index contributed by atoms with van der Waals surface area (Å²) in [7, 11) is 0. The summed E-state index contributed by atoms with van der Waals surface area (Å²) in [4.78, 5) is 24.8. The van der Waals surface area contributed by atoms with Crippen molar-refractivity contribution in [2.75, 3.05) is 16.4 Å². The quantitative estimate of drug-likeness (QED) is 0.517. The molecule has 0 spiro atoms. The molecule has 0 aliphatic carbocycles. The molecule has 3 aromatic rings. The minimum atomic E-state index is -0.152. The number of nitrogens with zero attached hydrogens (tertiary/aromatic N) is 3. The first kappa shape index (κ1) is 22.6. The number of nitrogens with one attached hydrogen (secondary N) is 2. The largest absolute Gasteiger partial charge is 0.325 e. The molecule has 0 saturated carbocycles. The molecule has 0 radical (unpaired) electrons. The summed E-state index contributed by atoms with van der Waals surface area (Å²) in [6.45, 7) is 8.52. The molecule has 2 amide bonds. The lowest BCUT2D eigenvalue weighted by Crippen LogP contribution is -2.18. The van der Waals surface area contributed by atoms with E-state index in [1.165, 1.54) is 11.8 Å².